The van der Waals surface area contributed by atoms with Crippen molar-refractivity contribution in [2.24, 2.45) is 0 Å². The summed E-state index contributed by atoms with van der Waals surface area (Å²) in [5.74, 6) is -0.913. The van der Waals surface area contributed by atoms with E-state index in [4.69, 9.17) is 5.11 Å². The molecule has 1 aliphatic rings. The topological polar surface area (TPSA) is 52.6 Å². The Morgan fingerprint density at radius 3 is 2.74 bits per heavy atom. The van der Waals surface area contributed by atoms with Gasteiger partial charge in [0.25, 0.3) is 0 Å². The number of hydrogen-bond acceptors (Lipinski definition) is 3. The minimum atomic E-state index is -0.913. The molecule has 1 fully saturated rings. The van der Waals surface area contributed by atoms with Crippen molar-refractivity contribution in [2.75, 3.05) is 25.0 Å². The monoisotopic (exact) mass is 326 g/mol. The molecule has 1 atom stereocenters. The van der Waals surface area contributed by atoms with E-state index >= 15 is 0 Å². The molecule has 1 aliphatic heterocycles. The van der Waals surface area contributed by atoms with Gasteiger partial charge in [-0.2, -0.15) is 0 Å². The molecule has 1 aromatic rings. The van der Waals surface area contributed by atoms with Gasteiger partial charge in [-0.3, -0.25) is 4.90 Å². The smallest absolute Gasteiger partial charge is 0.336 e. The van der Waals surface area contributed by atoms with Crippen LogP contribution in [-0.4, -0.2) is 41.7 Å². The van der Waals surface area contributed by atoms with Gasteiger partial charge >= 0.3 is 5.97 Å². The highest BCUT2D eigenvalue weighted by Gasteiger charge is 2.17. The Morgan fingerprint density at radius 2 is 2.16 bits per heavy atom. The van der Waals surface area contributed by atoms with Crippen molar-refractivity contribution in [1.29, 1.82) is 0 Å². The highest BCUT2D eigenvalue weighted by molar-refractivity contribution is 9.10. The van der Waals surface area contributed by atoms with Crippen molar-refractivity contribution in [3.05, 3.63) is 28.2 Å². The molecule has 0 saturated carbocycles. The molecule has 0 amide bonds. The first-order valence-electron chi connectivity index (χ1n) is 6.58. The van der Waals surface area contributed by atoms with Crippen molar-refractivity contribution >= 4 is 27.6 Å². The Labute approximate surface area is 121 Å². The number of anilines is 1. The van der Waals surface area contributed by atoms with Crippen LogP contribution in [0.3, 0.4) is 0 Å². The maximum Gasteiger partial charge on any atom is 0.336 e. The SMILES string of the molecule is CC(CNc1ccc(C(=O)O)c(Br)c1)N1CCCC1. The van der Waals surface area contributed by atoms with Crippen LogP contribution < -0.4 is 5.32 Å². The first kappa shape index (κ1) is 14.3. The zero-order valence-electron chi connectivity index (χ0n) is 11.0. The normalized spacial score (nSPS) is 17.4. The predicted octanol–water partition coefficient (Wildman–Crippen LogP) is 3.04. The zero-order chi connectivity index (χ0) is 13.8. The first-order chi connectivity index (χ1) is 9.08. The van der Waals surface area contributed by atoms with Crippen LogP contribution in [0, 0.1) is 0 Å². The van der Waals surface area contributed by atoms with Gasteiger partial charge in [0, 0.05) is 22.7 Å². The molecule has 5 heteroatoms. The lowest BCUT2D eigenvalue weighted by molar-refractivity contribution is 0.0696. The van der Waals surface area contributed by atoms with Crippen LogP contribution in [0.15, 0.2) is 22.7 Å². The fraction of sp³-hybridized carbons (Fsp3) is 0.500. The summed E-state index contributed by atoms with van der Waals surface area (Å²) in [6.07, 6.45) is 2.59. The van der Waals surface area contributed by atoms with E-state index in [1.54, 1.807) is 6.07 Å². The molecule has 104 valence electrons. The predicted molar refractivity (Wildman–Crippen MR) is 79.9 cm³/mol. The fourth-order valence-electron chi connectivity index (χ4n) is 2.38. The summed E-state index contributed by atoms with van der Waals surface area (Å²) in [6, 6.07) is 5.75. The third-order valence-corrected chi connectivity index (χ3v) is 4.22. The molecule has 0 aromatic heterocycles. The zero-order valence-corrected chi connectivity index (χ0v) is 12.6. The van der Waals surface area contributed by atoms with Crippen LogP contribution in [0.4, 0.5) is 5.69 Å². The number of nitrogens with zero attached hydrogens (tertiary/aromatic N) is 1. The van der Waals surface area contributed by atoms with Gasteiger partial charge in [-0.1, -0.05) is 0 Å². The van der Waals surface area contributed by atoms with Gasteiger partial charge in [-0.25, -0.2) is 4.79 Å². The Hall–Kier alpha value is -1.07. The van der Waals surface area contributed by atoms with E-state index in [1.165, 1.54) is 25.9 Å². The van der Waals surface area contributed by atoms with Crippen LogP contribution in [-0.2, 0) is 0 Å². The molecule has 2 N–H and O–H groups in total. The van der Waals surface area contributed by atoms with Crippen LogP contribution in [0.2, 0.25) is 0 Å². The Kier molecular flexibility index (Phi) is 4.82. The summed E-state index contributed by atoms with van der Waals surface area (Å²) >= 11 is 3.29. The van der Waals surface area contributed by atoms with Crippen LogP contribution in [0.5, 0.6) is 0 Å². The van der Waals surface area contributed by atoms with Gasteiger partial charge in [0.15, 0.2) is 0 Å². The van der Waals surface area contributed by atoms with Gasteiger partial charge in [0.05, 0.1) is 5.56 Å². The maximum atomic E-state index is 10.9. The number of halogens is 1. The van der Waals surface area contributed by atoms with E-state index in [2.05, 4.69) is 33.1 Å². The second-order valence-electron chi connectivity index (χ2n) is 4.97. The van der Waals surface area contributed by atoms with Crippen molar-refractivity contribution < 1.29 is 9.90 Å². The maximum absolute atomic E-state index is 10.9. The number of carboxylic acids is 1. The molecule has 1 saturated heterocycles. The van der Waals surface area contributed by atoms with Crippen molar-refractivity contribution in [1.82, 2.24) is 4.90 Å². The number of benzene rings is 1. The van der Waals surface area contributed by atoms with E-state index in [-0.39, 0.29) is 5.56 Å². The number of aromatic carboxylic acids is 1. The largest absolute Gasteiger partial charge is 0.478 e. The second kappa shape index (κ2) is 6.39. The lowest BCUT2D eigenvalue weighted by Gasteiger charge is -2.24. The molecule has 0 radical (unpaired) electrons. The minimum absolute atomic E-state index is 0.290. The molecule has 1 aromatic carbocycles. The molecular weight excluding hydrogens is 308 g/mol. The van der Waals surface area contributed by atoms with Crippen molar-refractivity contribution in [2.45, 2.75) is 25.8 Å². The lowest BCUT2D eigenvalue weighted by atomic mass is 10.2. The molecular formula is C14H19BrN2O2. The summed E-state index contributed by atoms with van der Waals surface area (Å²) in [7, 11) is 0. The highest BCUT2D eigenvalue weighted by Crippen LogP contribution is 2.22. The Morgan fingerprint density at radius 1 is 1.47 bits per heavy atom. The number of hydrogen-bond donors (Lipinski definition) is 2. The summed E-state index contributed by atoms with van der Waals surface area (Å²) in [5.41, 5.74) is 1.24. The van der Waals surface area contributed by atoms with Crippen LogP contribution in [0.25, 0.3) is 0 Å². The van der Waals surface area contributed by atoms with Gasteiger partial charge in [0.1, 0.15) is 0 Å². The van der Waals surface area contributed by atoms with E-state index in [9.17, 15) is 4.79 Å². The molecule has 1 heterocycles. The quantitative estimate of drug-likeness (QED) is 0.873. The van der Waals surface area contributed by atoms with Crippen molar-refractivity contribution in [3.63, 3.8) is 0 Å². The number of nitrogens with one attached hydrogen (secondary N) is 1. The Balaban J connectivity index is 1.92. The average molecular weight is 327 g/mol. The molecule has 0 spiro atoms. The molecule has 19 heavy (non-hydrogen) atoms. The average Bonchev–Trinajstić information content (AvgIpc) is 2.89. The van der Waals surface area contributed by atoms with Crippen LogP contribution in [0.1, 0.15) is 30.1 Å². The number of rotatable bonds is 5. The molecule has 2 rings (SSSR count). The van der Waals surface area contributed by atoms with Gasteiger partial charge in [-0.15, -0.1) is 0 Å². The van der Waals surface area contributed by atoms with Crippen LogP contribution >= 0.6 is 15.9 Å². The molecule has 0 aliphatic carbocycles. The highest BCUT2D eigenvalue weighted by atomic mass is 79.9. The summed E-state index contributed by atoms with van der Waals surface area (Å²) in [6.45, 7) is 5.47. The number of carboxylic acid groups (broad SMARTS) is 1. The van der Waals surface area contributed by atoms with E-state index < -0.39 is 5.97 Å². The number of carbonyl (C=O) groups is 1. The summed E-state index contributed by atoms with van der Waals surface area (Å²) in [5, 5.41) is 12.3. The van der Waals surface area contributed by atoms with E-state index in [0.29, 0.717) is 10.5 Å². The summed E-state index contributed by atoms with van der Waals surface area (Å²) < 4.78 is 0.610. The number of likely N-dealkylation sites (tertiary alicyclic amines) is 1. The molecule has 0 bridgehead atoms. The van der Waals surface area contributed by atoms with E-state index in [1.807, 2.05) is 12.1 Å². The van der Waals surface area contributed by atoms with Crippen molar-refractivity contribution in [3.8, 4) is 0 Å². The standard InChI is InChI=1S/C14H19BrN2O2/c1-10(17-6-2-3-7-17)9-16-11-4-5-12(14(18)19)13(15)8-11/h4-5,8,10,16H,2-3,6-7,9H2,1H3,(H,18,19). The minimum Gasteiger partial charge on any atom is -0.478 e. The molecule has 1 unspecified atom stereocenters. The van der Waals surface area contributed by atoms with E-state index in [0.717, 1.165) is 12.2 Å². The first-order valence-corrected chi connectivity index (χ1v) is 7.38. The van der Waals surface area contributed by atoms with Gasteiger partial charge < -0.3 is 10.4 Å². The lowest BCUT2D eigenvalue weighted by Crippen LogP contribution is -2.35. The van der Waals surface area contributed by atoms with Gasteiger partial charge in [-0.05, 0) is 67.0 Å². The second-order valence-corrected chi connectivity index (χ2v) is 5.83. The third-order valence-electron chi connectivity index (χ3n) is 3.57. The molecule has 4 nitrogen and oxygen atoms in total. The third kappa shape index (κ3) is 3.70. The fourth-order valence-corrected chi connectivity index (χ4v) is 2.92. The summed E-state index contributed by atoms with van der Waals surface area (Å²) in [4.78, 5) is 13.4. The van der Waals surface area contributed by atoms with Gasteiger partial charge in [0.2, 0.25) is 0 Å². The Bertz CT molecular complexity index is 459.